The van der Waals surface area contributed by atoms with E-state index >= 15 is 0 Å². The van der Waals surface area contributed by atoms with Crippen LogP contribution in [0.25, 0.3) is 0 Å². The zero-order valence-corrected chi connectivity index (χ0v) is 17.7. The van der Waals surface area contributed by atoms with Crippen molar-refractivity contribution in [2.24, 2.45) is 0 Å². The van der Waals surface area contributed by atoms with E-state index in [0.29, 0.717) is 0 Å². The first-order valence-electron chi connectivity index (χ1n) is 9.18. The van der Waals surface area contributed by atoms with Crippen molar-refractivity contribution in [2.45, 2.75) is 70.4 Å². The fourth-order valence-corrected chi connectivity index (χ4v) is 3.20. The fourth-order valence-electron chi connectivity index (χ4n) is 3.20. The summed E-state index contributed by atoms with van der Waals surface area (Å²) in [6, 6.07) is -1.33. The van der Waals surface area contributed by atoms with Crippen LogP contribution in [0.1, 0.15) is 34.1 Å². The van der Waals surface area contributed by atoms with E-state index in [0.717, 1.165) is 34.8 Å². The Morgan fingerprint density at radius 1 is 1.10 bits per heavy atom. The number of rotatable bonds is 8. The molecule has 1 aliphatic rings. The second kappa shape index (κ2) is 11.0. The molecule has 0 radical (unpaired) electrons. The molecule has 13 heteroatoms. The van der Waals surface area contributed by atoms with Crippen molar-refractivity contribution in [3.8, 4) is 0 Å². The van der Waals surface area contributed by atoms with Crippen molar-refractivity contribution < 1.29 is 57.2 Å². The molecule has 0 aromatic carbocycles. The van der Waals surface area contributed by atoms with Gasteiger partial charge in [-0.1, -0.05) is 0 Å². The molecule has 0 aromatic heterocycles. The van der Waals surface area contributed by atoms with Crippen molar-refractivity contribution >= 4 is 29.8 Å². The predicted octanol–water partition coefficient (Wildman–Crippen LogP) is -1.09. The lowest BCUT2D eigenvalue weighted by Crippen LogP contribution is -2.68. The summed E-state index contributed by atoms with van der Waals surface area (Å²) in [5.74, 6) is -7.36. The van der Waals surface area contributed by atoms with Gasteiger partial charge in [0, 0.05) is 27.7 Å². The Labute approximate surface area is 177 Å². The number of aliphatic hydroxyl groups is 1. The molecule has 0 aliphatic carbocycles. The topological polar surface area (TPSA) is 164 Å². The first-order chi connectivity index (χ1) is 14.3. The lowest BCUT2D eigenvalue weighted by Gasteiger charge is -2.46. The fraction of sp³-hybridized carbons (Fsp3) is 0.722. The first-order valence-corrected chi connectivity index (χ1v) is 9.18. The average molecular weight is 452 g/mol. The van der Waals surface area contributed by atoms with Gasteiger partial charge in [0.15, 0.2) is 12.2 Å². The lowest BCUT2D eigenvalue weighted by atomic mass is 9.94. The zero-order chi connectivity index (χ0) is 23.9. The van der Waals surface area contributed by atoms with Crippen LogP contribution in [0.15, 0.2) is 0 Å². The van der Waals surface area contributed by atoms with Gasteiger partial charge in [-0.25, -0.2) is 9.18 Å². The molecule has 12 nitrogen and oxygen atoms in total. The van der Waals surface area contributed by atoms with Gasteiger partial charge in [-0.2, -0.15) is 0 Å². The molecule has 1 fully saturated rings. The maximum absolute atomic E-state index is 13.7. The number of methoxy groups -OCH3 is 1. The minimum Gasteiger partial charge on any atom is -0.465 e. The summed E-state index contributed by atoms with van der Waals surface area (Å²) in [7, 11) is 0.951. The maximum Gasteiger partial charge on any atom is 0.366 e. The molecule has 0 spiro atoms. The monoisotopic (exact) mass is 452 g/mol. The Kier molecular flexibility index (Phi) is 9.31. The van der Waals surface area contributed by atoms with Gasteiger partial charge in [0.25, 0.3) is 5.79 Å². The van der Waals surface area contributed by atoms with E-state index in [1.165, 1.54) is 0 Å². The summed E-state index contributed by atoms with van der Waals surface area (Å²) in [6.07, 6.45) is -7.24. The molecule has 1 heterocycles. The van der Waals surface area contributed by atoms with E-state index in [1.807, 2.05) is 0 Å². The highest BCUT2D eigenvalue weighted by molar-refractivity contribution is 5.78. The van der Waals surface area contributed by atoms with Crippen molar-refractivity contribution in [3.05, 3.63) is 0 Å². The van der Waals surface area contributed by atoms with E-state index < -0.39 is 79.1 Å². The number of nitrogens with one attached hydrogen (secondary N) is 1. The van der Waals surface area contributed by atoms with Gasteiger partial charge in [0.1, 0.15) is 18.9 Å². The summed E-state index contributed by atoms with van der Waals surface area (Å²) in [5.41, 5.74) is 0. The van der Waals surface area contributed by atoms with Crippen molar-refractivity contribution in [1.82, 2.24) is 5.32 Å². The molecule has 0 saturated carbocycles. The second-order valence-electron chi connectivity index (χ2n) is 6.81. The lowest BCUT2D eigenvalue weighted by molar-refractivity contribution is -0.298. The molecule has 0 bridgehead atoms. The number of alkyl halides is 1. The Balaban J connectivity index is 3.57. The van der Waals surface area contributed by atoms with Gasteiger partial charge in [0.2, 0.25) is 5.91 Å². The molecular weight excluding hydrogens is 426 g/mol. The third-order valence-electron chi connectivity index (χ3n) is 4.22. The smallest absolute Gasteiger partial charge is 0.366 e. The highest BCUT2D eigenvalue weighted by Gasteiger charge is 2.57. The quantitative estimate of drug-likeness (QED) is 0.261. The Morgan fingerprint density at radius 3 is 2.10 bits per heavy atom. The SMILES string of the molecule is COC(=O)[C@@]1(O)[13CH2][C@H](OC(C)=O)[C@@H](NC(C)=O)[C@H]([C@H](OC(C)=O)[C@@H](CF)OC(C)=O)O1. The van der Waals surface area contributed by atoms with Gasteiger partial charge in [-0.15, -0.1) is 0 Å². The normalized spacial score (nSPS) is 27.3. The van der Waals surface area contributed by atoms with Crippen LogP contribution in [0.5, 0.6) is 0 Å². The number of hydrogen-bond donors (Lipinski definition) is 2. The number of amides is 1. The number of carbonyl (C=O) groups excluding carboxylic acids is 5. The first kappa shape index (κ1) is 26.2. The van der Waals surface area contributed by atoms with Gasteiger partial charge < -0.3 is 34.1 Å². The second-order valence-corrected chi connectivity index (χ2v) is 6.81. The predicted molar refractivity (Wildman–Crippen MR) is 96.7 cm³/mol. The van der Waals surface area contributed by atoms with Crippen molar-refractivity contribution in [1.29, 1.82) is 0 Å². The molecule has 1 saturated heterocycles. The van der Waals surface area contributed by atoms with Crippen molar-refractivity contribution in [2.75, 3.05) is 13.8 Å². The van der Waals surface area contributed by atoms with Crippen LogP contribution in [0.2, 0.25) is 0 Å². The summed E-state index contributed by atoms with van der Waals surface area (Å²) >= 11 is 0. The molecule has 1 rings (SSSR count). The molecule has 1 amide bonds. The number of carbonyl (C=O) groups is 5. The average Bonchev–Trinajstić information content (AvgIpc) is 2.64. The molecule has 1 aliphatic heterocycles. The molecule has 6 atom stereocenters. The van der Waals surface area contributed by atoms with Crippen LogP contribution in [-0.4, -0.2) is 84.9 Å². The summed E-state index contributed by atoms with van der Waals surface area (Å²) < 4.78 is 38.7. The molecule has 0 aromatic rings. The highest BCUT2D eigenvalue weighted by atomic mass is 19.1. The Hall–Kier alpha value is -2.80. The number of esters is 4. The van der Waals surface area contributed by atoms with E-state index in [9.17, 15) is 33.5 Å². The van der Waals surface area contributed by atoms with E-state index in [4.69, 9.17) is 18.9 Å². The third kappa shape index (κ3) is 7.14. The Morgan fingerprint density at radius 2 is 1.68 bits per heavy atom. The van der Waals surface area contributed by atoms with Crippen LogP contribution in [0.3, 0.4) is 0 Å². The van der Waals surface area contributed by atoms with Crippen LogP contribution in [0.4, 0.5) is 4.39 Å². The van der Waals surface area contributed by atoms with E-state index in [-0.39, 0.29) is 0 Å². The van der Waals surface area contributed by atoms with Crippen LogP contribution in [-0.2, 0) is 47.7 Å². The maximum atomic E-state index is 13.7. The zero-order valence-electron chi connectivity index (χ0n) is 17.7. The number of halogens is 1. The van der Waals surface area contributed by atoms with Gasteiger partial charge >= 0.3 is 23.9 Å². The van der Waals surface area contributed by atoms with Crippen molar-refractivity contribution in [3.63, 3.8) is 0 Å². The van der Waals surface area contributed by atoms with Crippen LogP contribution in [0, 0.1) is 0 Å². The van der Waals surface area contributed by atoms with Crippen LogP contribution < -0.4 is 5.32 Å². The standard InChI is InChI=1S/C18H26FNO11/c1-8(21)20-14-12(28-9(2)22)6-18(26,17(25)27-5)31-16(14)15(30-11(4)24)13(7-19)29-10(3)23/h12-16,26H,6-7H2,1-5H3,(H,20,21)/t12-,13+,14+,15+,16+,18+/m0/s1/i6+1. The summed E-state index contributed by atoms with van der Waals surface area (Å²) in [4.78, 5) is 58.6. The van der Waals surface area contributed by atoms with Gasteiger partial charge in [-0.05, 0) is 0 Å². The Bertz CT molecular complexity index is 715. The minimum absolute atomic E-state index is 0.648. The molecule has 0 unspecified atom stereocenters. The number of hydrogen-bond acceptors (Lipinski definition) is 11. The minimum atomic E-state index is -2.72. The molecule has 2 N–H and O–H groups in total. The third-order valence-corrected chi connectivity index (χ3v) is 4.22. The molecule has 176 valence electrons. The van der Waals surface area contributed by atoms with Crippen LogP contribution >= 0.6 is 0 Å². The number of ether oxygens (including phenoxy) is 5. The highest BCUT2D eigenvalue weighted by Crippen LogP contribution is 2.34. The summed E-state index contributed by atoms with van der Waals surface area (Å²) in [6.45, 7) is 2.76. The largest absolute Gasteiger partial charge is 0.465 e. The van der Waals surface area contributed by atoms with E-state index in [2.05, 4.69) is 10.1 Å². The molecule has 31 heavy (non-hydrogen) atoms. The van der Waals surface area contributed by atoms with Gasteiger partial charge in [0.05, 0.1) is 19.6 Å². The van der Waals surface area contributed by atoms with Gasteiger partial charge in [-0.3, -0.25) is 19.2 Å². The van der Waals surface area contributed by atoms with E-state index in [1.54, 1.807) is 0 Å². The summed E-state index contributed by atoms with van der Waals surface area (Å²) in [5, 5.41) is 13.1. The molecular formula is C18H26FNO11.